The van der Waals surface area contributed by atoms with Crippen molar-refractivity contribution in [2.45, 2.75) is 89.4 Å². The van der Waals surface area contributed by atoms with Crippen LogP contribution in [-0.4, -0.2) is 51.5 Å². The number of ether oxygens (including phenoxy) is 1. The van der Waals surface area contributed by atoms with Crippen LogP contribution in [0.4, 0.5) is 0 Å². The van der Waals surface area contributed by atoms with Gasteiger partial charge in [0.05, 0.1) is 29.7 Å². The SMILES string of the molecule is CSc1nc(/C=C(\C)[C@@H]2C/C=C/CCCC(C)[C@H](O)C(C)C(=O)C(C)(C)C(O)CC(=O)O2)cs1. The summed E-state index contributed by atoms with van der Waals surface area (Å²) in [6, 6.07) is 0. The number of nitrogens with zero attached hydrogens (tertiary/aromatic N) is 1. The summed E-state index contributed by atoms with van der Waals surface area (Å²) in [5.41, 5.74) is 0.505. The number of carbonyl (C=O) groups is 2. The number of aromatic nitrogens is 1. The average molecular weight is 510 g/mol. The number of allylic oxidation sites excluding steroid dienone is 1. The zero-order valence-corrected chi connectivity index (χ0v) is 22.7. The molecule has 0 spiro atoms. The van der Waals surface area contributed by atoms with Gasteiger partial charge in [-0.1, -0.05) is 51.6 Å². The number of Topliss-reactive ketones (excluding diaryl/α,β-unsaturated/α-hetero) is 1. The predicted octanol–water partition coefficient (Wildman–Crippen LogP) is 5.29. The number of aliphatic hydroxyl groups is 2. The Bertz CT molecular complexity index is 892. The van der Waals surface area contributed by atoms with Crippen molar-refractivity contribution in [2.75, 3.05) is 6.26 Å². The van der Waals surface area contributed by atoms with Crippen LogP contribution in [0.25, 0.3) is 6.08 Å². The van der Waals surface area contributed by atoms with Crippen LogP contribution in [0.3, 0.4) is 0 Å². The third kappa shape index (κ3) is 7.77. The van der Waals surface area contributed by atoms with Crippen LogP contribution in [0, 0.1) is 17.3 Å². The van der Waals surface area contributed by atoms with E-state index in [1.165, 1.54) is 0 Å². The van der Waals surface area contributed by atoms with E-state index in [2.05, 4.69) is 11.1 Å². The summed E-state index contributed by atoms with van der Waals surface area (Å²) in [5.74, 6) is -1.49. The van der Waals surface area contributed by atoms with Crippen LogP contribution in [0.1, 0.15) is 72.4 Å². The van der Waals surface area contributed by atoms with Crippen molar-refractivity contribution in [3.63, 3.8) is 0 Å². The van der Waals surface area contributed by atoms with Crippen molar-refractivity contribution in [3.8, 4) is 0 Å². The molecular formula is C26H39NO5S2. The Morgan fingerprint density at radius 2 is 1.97 bits per heavy atom. The van der Waals surface area contributed by atoms with E-state index in [0.29, 0.717) is 6.42 Å². The van der Waals surface area contributed by atoms with Crippen molar-refractivity contribution in [3.05, 3.63) is 28.8 Å². The van der Waals surface area contributed by atoms with Crippen LogP contribution < -0.4 is 0 Å². The van der Waals surface area contributed by atoms with Crippen molar-refractivity contribution in [2.24, 2.45) is 17.3 Å². The van der Waals surface area contributed by atoms with Gasteiger partial charge in [0, 0.05) is 17.7 Å². The third-order valence-electron chi connectivity index (χ3n) is 6.72. The molecule has 1 aliphatic heterocycles. The number of ketones is 1. The van der Waals surface area contributed by atoms with Gasteiger partial charge in [-0.25, -0.2) is 4.98 Å². The molecule has 1 aromatic rings. The molecule has 0 aliphatic carbocycles. The predicted molar refractivity (Wildman–Crippen MR) is 139 cm³/mol. The average Bonchev–Trinajstić information content (AvgIpc) is 3.25. The van der Waals surface area contributed by atoms with E-state index in [4.69, 9.17) is 4.74 Å². The molecule has 0 bridgehead atoms. The number of cyclic esters (lactones) is 1. The molecule has 0 radical (unpaired) electrons. The molecule has 0 amide bonds. The molecule has 0 saturated heterocycles. The van der Waals surface area contributed by atoms with Crippen molar-refractivity contribution >= 4 is 40.9 Å². The smallest absolute Gasteiger partial charge is 0.309 e. The minimum absolute atomic E-state index is 0.0413. The first-order valence-electron chi connectivity index (χ1n) is 11.9. The van der Waals surface area contributed by atoms with Crippen molar-refractivity contribution in [1.82, 2.24) is 4.98 Å². The fourth-order valence-corrected chi connectivity index (χ4v) is 5.39. The van der Waals surface area contributed by atoms with E-state index in [9.17, 15) is 19.8 Å². The van der Waals surface area contributed by atoms with Crippen LogP contribution in [-0.2, 0) is 14.3 Å². The number of aliphatic hydroxyl groups excluding tert-OH is 2. The highest BCUT2D eigenvalue weighted by Crippen LogP contribution is 2.32. The largest absolute Gasteiger partial charge is 0.457 e. The molecule has 0 aromatic carbocycles. The lowest BCUT2D eigenvalue weighted by Gasteiger charge is -2.34. The van der Waals surface area contributed by atoms with Gasteiger partial charge in [-0.05, 0) is 50.0 Å². The molecule has 3 unspecified atom stereocenters. The van der Waals surface area contributed by atoms with Crippen molar-refractivity contribution in [1.29, 1.82) is 0 Å². The molecule has 6 nitrogen and oxygen atoms in total. The summed E-state index contributed by atoms with van der Waals surface area (Å²) in [7, 11) is 0. The Labute approximate surface area is 211 Å². The van der Waals surface area contributed by atoms with E-state index in [0.717, 1.165) is 34.9 Å². The van der Waals surface area contributed by atoms with Gasteiger partial charge in [0.15, 0.2) is 0 Å². The van der Waals surface area contributed by atoms with Gasteiger partial charge in [0.1, 0.15) is 16.2 Å². The second kappa shape index (κ2) is 13.0. The van der Waals surface area contributed by atoms with Gasteiger partial charge in [0.25, 0.3) is 0 Å². The quantitative estimate of drug-likeness (QED) is 0.325. The first-order valence-corrected chi connectivity index (χ1v) is 14.0. The van der Waals surface area contributed by atoms with E-state index >= 15 is 0 Å². The maximum atomic E-state index is 13.1. The Hall–Kier alpha value is -1.48. The fraction of sp³-hybridized carbons (Fsp3) is 0.654. The number of thioether (sulfide) groups is 1. The third-order valence-corrected chi connectivity index (χ3v) is 8.60. The molecule has 1 aliphatic rings. The minimum Gasteiger partial charge on any atom is -0.457 e. The first kappa shape index (κ1) is 28.8. The van der Waals surface area contributed by atoms with E-state index < -0.39 is 35.6 Å². The lowest BCUT2D eigenvalue weighted by atomic mass is 9.73. The standard InChI is InChI=1S/C26H39NO5S2/c1-16-11-9-7-8-10-12-20(17(2)13-19-15-34-25(27-19)33-6)32-22(29)14-21(28)26(4,5)24(31)18(3)23(16)30/h8,10,13,15-16,18,20-21,23,28,30H,7,9,11-12,14H2,1-6H3/b10-8+,17-13+/t16?,18?,20-,21?,23-/m0/s1. The Morgan fingerprint density at radius 1 is 1.26 bits per heavy atom. The van der Waals surface area contributed by atoms with Gasteiger partial charge in [0.2, 0.25) is 0 Å². The molecule has 2 rings (SSSR count). The molecule has 34 heavy (non-hydrogen) atoms. The van der Waals surface area contributed by atoms with Crippen LogP contribution >= 0.6 is 23.1 Å². The normalized spacial score (nSPS) is 31.2. The highest BCUT2D eigenvalue weighted by atomic mass is 32.2. The molecule has 0 fully saturated rings. The number of hydrogen-bond donors (Lipinski definition) is 2. The Kier molecular flexibility index (Phi) is 11.0. The number of rotatable bonds is 3. The summed E-state index contributed by atoms with van der Waals surface area (Å²) in [6.07, 6.45) is 8.25. The van der Waals surface area contributed by atoms with Crippen LogP contribution in [0.15, 0.2) is 27.4 Å². The van der Waals surface area contributed by atoms with E-state index in [1.54, 1.807) is 43.9 Å². The Balaban J connectivity index is 2.27. The molecular weight excluding hydrogens is 470 g/mol. The molecule has 5 atom stereocenters. The highest BCUT2D eigenvalue weighted by molar-refractivity contribution is 8.00. The van der Waals surface area contributed by atoms with E-state index in [-0.39, 0.29) is 18.1 Å². The highest BCUT2D eigenvalue weighted by Gasteiger charge is 2.42. The maximum Gasteiger partial charge on any atom is 0.309 e. The molecule has 1 aromatic heterocycles. The van der Waals surface area contributed by atoms with Crippen LogP contribution in [0.5, 0.6) is 0 Å². The number of thiazole rings is 1. The molecule has 8 heteroatoms. The monoisotopic (exact) mass is 509 g/mol. The Morgan fingerprint density at radius 3 is 2.62 bits per heavy atom. The van der Waals surface area contributed by atoms with E-state index in [1.807, 2.05) is 37.6 Å². The van der Waals surface area contributed by atoms with Gasteiger partial charge in [-0.2, -0.15) is 0 Å². The number of carbonyl (C=O) groups excluding carboxylic acids is 2. The van der Waals surface area contributed by atoms with Gasteiger partial charge in [-0.15, -0.1) is 11.3 Å². The maximum absolute atomic E-state index is 13.1. The molecule has 2 heterocycles. The lowest BCUT2D eigenvalue weighted by molar-refractivity contribution is -0.154. The minimum atomic E-state index is -1.21. The van der Waals surface area contributed by atoms with Crippen molar-refractivity contribution < 1.29 is 24.5 Å². The second-order valence-electron chi connectivity index (χ2n) is 9.81. The fourth-order valence-electron chi connectivity index (χ4n) is 4.17. The lowest BCUT2D eigenvalue weighted by Crippen LogP contribution is -2.45. The summed E-state index contributed by atoms with van der Waals surface area (Å²) in [6.45, 7) is 8.82. The summed E-state index contributed by atoms with van der Waals surface area (Å²) < 4.78 is 6.74. The summed E-state index contributed by atoms with van der Waals surface area (Å²) in [5, 5.41) is 23.5. The zero-order chi connectivity index (χ0) is 25.5. The summed E-state index contributed by atoms with van der Waals surface area (Å²) >= 11 is 3.15. The van der Waals surface area contributed by atoms with Gasteiger partial charge >= 0.3 is 5.97 Å². The summed E-state index contributed by atoms with van der Waals surface area (Å²) in [4.78, 5) is 30.5. The first-order chi connectivity index (χ1) is 16.0. The van der Waals surface area contributed by atoms with Crippen LogP contribution in [0.2, 0.25) is 0 Å². The topological polar surface area (TPSA) is 96.7 Å². The number of hydrogen-bond acceptors (Lipinski definition) is 8. The zero-order valence-electron chi connectivity index (χ0n) is 21.1. The molecule has 2 N–H and O–H groups in total. The molecule has 0 saturated carbocycles. The second-order valence-corrected chi connectivity index (χ2v) is 11.7. The van der Waals surface area contributed by atoms with Gasteiger partial charge < -0.3 is 14.9 Å². The van der Waals surface area contributed by atoms with Gasteiger partial charge in [-0.3, -0.25) is 9.59 Å². The number of esters is 1. The molecule has 190 valence electrons.